The summed E-state index contributed by atoms with van der Waals surface area (Å²) in [6.45, 7) is 5.09. The van der Waals surface area contributed by atoms with Crippen LogP contribution in [0.5, 0.6) is 17.2 Å². The van der Waals surface area contributed by atoms with Gasteiger partial charge in [-0.2, -0.15) is 5.10 Å². The first-order valence-electron chi connectivity index (χ1n) is 8.30. The fraction of sp³-hybridized carbons (Fsp3) is 0.263. The van der Waals surface area contributed by atoms with Gasteiger partial charge in [-0.1, -0.05) is 0 Å². The van der Waals surface area contributed by atoms with Crippen molar-refractivity contribution in [3.63, 3.8) is 0 Å². The van der Waals surface area contributed by atoms with E-state index in [0.29, 0.717) is 29.8 Å². The van der Waals surface area contributed by atoms with Crippen molar-refractivity contribution < 1.29 is 14.2 Å². The number of nitrogens with zero attached hydrogens (tertiary/aromatic N) is 1. The number of hydrazone groups is 1. The Labute approximate surface area is 159 Å². The largest absolute Gasteiger partial charge is 0.494 e. The molecule has 2 N–H and O–H groups in total. The number of hydrogen-bond donors (Lipinski definition) is 2. The van der Waals surface area contributed by atoms with Crippen molar-refractivity contribution in [1.82, 2.24) is 5.43 Å². The monoisotopic (exact) mass is 373 g/mol. The average Bonchev–Trinajstić information content (AvgIpc) is 2.65. The van der Waals surface area contributed by atoms with Gasteiger partial charge < -0.3 is 19.5 Å². The predicted molar refractivity (Wildman–Crippen MR) is 109 cm³/mol. The summed E-state index contributed by atoms with van der Waals surface area (Å²) in [6.07, 6.45) is 1.66. The number of nitrogens with one attached hydrogen (secondary N) is 2. The van der Waals surface area contributed by atoms with Gasteiger partial charge in [0, 0.05) is 5.69 Å². The Morgan fingerprint density at radius 3 is 2.42 bits per heavy atom. The van der Waals surface area contributed by atoms with E-state index in [2.05, 4.69) is 15.8 Å². The van der Waals surface area contributed by atoms with Crippen LogP contribution >= 0.6 is 12.2 Å². The van der Waals surface area contributed by atoms with Gasteiger partial charge in [-0.15, -0.1) is 0 Å². The molecule has 2 rings (SSSR count). The molecule has 0 aliphatic heterocycles. The normalized spacial score (nSPS) is 10.4. The fourth-order valence-corrected chi connectivity index (χ4v) is 2.34. The van der Waals surface area contributed by atoms with Crippen LogP contribution in [0.25, 0.3) is 0 Å². The number of anilines is 1. The van der Waals surface area contributed by atoms with Crippen molar-refractivity contribution in [2.45, 2.75) is 13.8 Å². The van der Waals surface area contributed by atoms with Crippen molar-refractivity contribution in [3.8, 4) is 17.2 Å². The zero-order valence-electron chi connectivity index (χ0n) is 15.1. The highest BCUT2D eigenvalue weighted by molar-refractivity contribution is 7.80. The maximum atomic E-state index is 5.49. The van der Waals surface area contributed by atoms with Gasteiger partial charge in [0.15, 0.2) is 16.6 Å². The first-order chi connectivity index (χ1) is 12.7. The maximum absolute atomic E-state index is 5.49. The number of rotatable bonds is 8. The third-order valence-corrected chi connectivity index (χ3v) is 3.48. The summed E-state index contributed by atoms with van der Waals surface area (Å²) in [7, 11) is 1.60. The van der Waals surface area contributed by atoms with Gasteiger partial charge in [-0.05, 0) is 74.1 Å². The minimum Gasteiger partial charge on any atom is -0.494 e. The fourth-order valence-electron chi connectivity index (χ4n) is 2.16. The molecular weight excluding hydrogens is 350 g/mol. The third-order valence-electron chi connectivity index (χ3n) is 3.29. The van der Waals surface area contributed by atoms with Crippen LogP contribution in [0.2, 0.25) is 0 Å². The molecule has 0 fully saturated rings. The molecule has 2 aromatic carbocycles. The zero-order valence-corrected chi connectivity index (χ0v) is 15.9. The number of benzene rings is 2. The van der Waals surface area contributed by atoms with E-state index in [-0.39, 0.29) is 0 Å². The van der Waals surface area contributed by atoms with Gasteiger partial charge in [0.2, 0.25) is 0 Å². The Balaban J connectivity index is 1.90. The highest BCUT2D eigenvalue weighted by Crippen LogP contribution is 2.27. The quantitative estimate of drug-likeness (QED) is 0.417. The van der Waals surface area contributed by atoms with Crippen LogP contribution in [0.3, 0.4) is 0 Å². The Kier molecular flexibility index (Phi) is 7.70. The first kappa shape index (κ1) is 19.5. The molecule has 0 spiro atoms. The van der Waals surface area contributed by atoms with E-state index in [1.807, 2.05) is 56.3 Å². The van der Waals surface area contributed by atoms with Gasteiger partial charge in [-0.3, -0.25) is 5.43 Å². The molecule has 26 heavy (non-hydrogen) atoms. The Morgan fingerprint density at radius 1 is 1.04 bits per heavy atom. The van der Waals surface area contributed by atoms with E-state index in [4.69, 9.17) is 26.4 Å². The van der Waals surface area contributed by atoms with Gasteiger partial charge in [-0.25, -0.2) is 0 Å². The first-order valence-corrected chi connectivity index (χ1v) is 8.70. The molecular formula is C19H23N3O3S. The molecule has 0 aliphatic rings. The summed E-state index contributed by atoms with van der Waals surface area (Å²) < 4.78 is 16.2. The number of thiocarbonyl (C=S) groups is 1. The van der Waals surface area contributed by atoms with Crippen LogP contribution in [0, 0.1) is 0 Å². The lowest BCUT2D eigenvalue weighted by molar-refractivity contribution is 0.311. The van der Waals surface area contributed by atoms with Crippen molar-refractivity contribution in [1.29, 1.82) is 0 Å². The molecule has 0 unspecified atom stereocenters. The maximum Gasteiger partial charge on any atom is 0.191 e. The molecule has 0 aromatic heterocycles. The predicted octanol–water partition coefficient (Wildman–Crippen LogP) is 3.81. The molecule has 0 aliphatic carbocycles. The lowest BCUT2D eigenvalue weighted by Gasteiger charge is -2.10. The highest BCUT2D eigenvalue weighted by atomic mass is 32.1. The lowest BCUT2D eigenvalue weighted by atomic mass is 10.2. The van der Waals surface area contributed by atoms with Gasteiger partial charge in [0.25, 0.3) is 0 Å². The summed E-state index contributed by atoms with van der Waals surface area (Å²) in [6, 6.07) is 13.1. The summed E-state index contributed by atoms with van der Waals surface area (Å²) in [4.78, 5) is 0. The Bertz CT molecular complexity index is 748. The molecule has 7 heteroatoms. The van der Waals surface area contributed by atoms with Crippen molar-refractivity contribution in [3.05, 3.63) is 48.0 Å². The van der Waals surface area contributed by atoms with E-state index >= 15 is 0 Å². The van der Waals surface area contributed by atoms with E-state index in [0.717, 1.165) is 17.0 Å². The second kappa shape index (κ2) is 10.2. The van der Waals surface area contributed by atoms with Crippen LogP contribution < -0.4 is 25.0 Å². The van der Waals surface area contributed by atoms with E-state index in [9.17, 15) is 0 Å². The zero-order chi connectivity index (χ0) is 18.8. The topological polar surface area (TPSA) is 64.1 Å². The van der Waals surface area contributed by atoms with Crippen LogP contribution in [-0.4, -0.2) is 31.7 Å². The van der Waals surface area contributed by atoms with Gasteiger partial charge in [0.1, 0.15) is 5.75 Å². The number of hydrogen-bond acceptors (Lipinski definition) is 5. The Morgan fingerprint density at radius 2 is 1.77 bits per heavy atom. The number of methoxy groups -OCH3 is 1. The third kappa shape index (κ3) is 5.93. The van der Waals surface area contributed by atoms with Crippen molar-refractivity contribution in [2.75, 3.05) is 25.6 Å². The summed E-state index contributed by atoms with van der Waals surface area (Å²) in [5.74, 6) is 2.18. The molecule has 0 saturated carbocycles. The van der Waals surface area contributed by atoms with Gasteiger partial charge >= 0.3 is 0 Å². The minimum atomic E-state index is 0.392. The van der Waals surface area contributed by atoms with Gasteiger partial charge in [0.05, 0.1) is 26.5 Å². The smallest absolute Gasteiger partial charge is 0.191 e. The summed E-state index contributed by atoms with van der Waals surface area (Å²) >= 11 is 5.23. The van der Waals surface area contributed by atoms with Crippen LogP contribution in [-0.2, 0) is 0 Å². The SMILES string of the molecule is CCOc1ccc(NC(=S)N/N=C\c2ccc(OCC)c(OC)c2)cc1. The van der Waals surface area contributed by atoms with E-state index in [1.165, 1.54) is 0 Å². The molecule has 0 atom stereocenters. The molecule has 6 nitrogen and oxygen atoms in total. The van der Waals surface area contributed by atoms with E-state index < -0.39 is 0 Å². The van der Waals surface area contributed by atoms with Crippen LogP contribution in [0.1, 0.15) is 19.4 Å². The number of ether oxygens (including phenoxy) is 3. The van der Waals surface area contributed by atoms with Crippen LogP contribution in [0.4, 0.5) is 5.69 Å². The lowest BCUT2D eigenvalue weighted by Crippen LogP contribution is -2.23. The summed E-state index contributed by atoms with van der Waals surface area (Å²) in [5, 5.41) is 7.58. The average molecular weight is 373 g/mol. The molecule has 2 aromatic rings. The Hall–Kier alpha value is -2.80. The summed E-state index contributed by atoms with van der Waals surface area (Å²) in [5.41, 5.74) is 4.50. The van der Waals surface area contributed by atoms with Crippen molar-refractivity contribution >= 4 is 29.2 Å². The molecule has 0 saturated heterocycles. The molecule has 0 bridgehead atoms. The standard InChI is InChI=1S/C19H23N3O3S/c1-4-24-16-9-7-15(8-10-16)21-19(26)22-20-13-14-6-11-17(25-5-2)18(12-14)23-3/h6-13H,4-5H2,1-3H3,(H2,21,22,26)/b20-13-. The highest BCUT2D eigenvalue weighted by Gasteiger charge is 2.04. The van der Waals surface area contributed by atoms with Crippen LogP contribution in [0.15, 0.2) is 47.6 Å². The minimum absolute atomic E-state index is 0.392. The van der Waals surface area contributed by atoms with Crippen molar-refractivity contribution in [2.24, 2.45) is 5.10 Å². The molecule has 138 valence electrons. The second-order valence-corrected chi connectivity index (χ2v) is 5.53. The molecule has 0 radical (unpaired) electrons. The molecule has 0 amide bonds. The second-order valence-electron chi connectivity index (χ2n) is 5.12. The van der Waals surface area contributed by atoms with E-state index in [1.54, 1.807) is 13.3 Å². The molecule has 0 heterocycles.